The summed E-state index contributed by atoms with van der Waals surface area (Å²) in [5, 5.41) is 9.21. The zero-order valence-corrected chi connectivity index (χ0v) is 9.47. The quantitative estimate of drug-likeness (QED) is 0.883. The molecule has 0 saturated heterocycles. The lowest BCUT2D eigenvalue weighted by Gasteiger charge is -2.20. The molecule has 88 valence electrons. The number of anilines is 2. The van der Waals surface area contributed by atoms with E-state index in [0.29, 0.717) is 11.4 Å². The van der Waals surface area contributed by atoms with Crippen molar-refractivity contribution in [1.82, 2.24) is 4.98 Å². The molecule has 0 fully saturated rings. The van der Waals surface area contributed by atoms with Crippen molar-refractivity contribution in [2.75, 3.05) is 11.9 Å². The molecule has 1 heterocycles. The fraction of sp³-hybridized carbons (Fsp3) is 0.154. The van der Waals surface area contributed by atoms with Crippen molar-refractivity contribution in [2.24, 2.45) is 0 Å². The third-order valence-electron chi connectivity index (χ3n) is 2.54. The number of pyridine rings is 1. The number of rotatable bonds is 3. The first-order chi connectivity index (χ1) is 8.22. The Morgan fingerprint density at radius 2 is 2.00 bits per heavy atom. The van der Waals surface area contributed by atoms with E-state index < -0.39 is 5.82 Å². The summed E-state index contributed by atoms with van der Waals surface area (Å²) in [4.78, 5) is 5.83. The Kier molecular flexibility index (Phi) is 3.35. The zero-order valence-electron chi connectivity index (χ0n) is 9.47. The summed E-state index contributed by atoms with van der Waals surface area (Å²) >= 11 is 0. The van der Waals surface area contributed by atoms with Crippen LogP contribution in [0.1, 0.15) is 5.56 Å². The van der Waals surface area contributed by atoms with E-state index in [-0.39, 0.29) is 6.61 Å². The first-order valence-corrected chi connectivity index (χ1v) is 5.26. The van der Waals surface area contributed by atoms with Gasteiger partial charge in [0.2, 0.25) is 0 Å². The summed E-state index contributed by atoms with van der Waals surface area (Å²) in [6.45, 7) is -0.239. The van der Waals surface area contributed by atoms with Crippen LogP contribution in [0.4, 0.5) is 15.9 Å². The molecule has 2 aromatic rings. The maximum atomic E-state index is 13.0. The summed E-state index contributed by atoms with van der Waals surface area (Å²) in [5.74, 6) is 0.111. The van der Waals surface area contributed by atoms with Crippen LogP contribution >= 0.6 is 0 Å². The first-order valence-electron chi connectivity index (χ1n) is 5.26. The molecule has 1 N–H and O–H groups in total. The van der Waals surface area contributed by atoms with Crippen LogP contribution in [-0.2, 0) is 6.61 Å². The Morgan fingerprint density at radius 1 is 1.29 bits per heavy atom. The van der Waals surface area contributed by atoms with E-state index >= 15 is 0 Å². The van der Waals surface area contributed by atoms with Crippen molar-refractivity contribution < 1.29 is 9.50 Å². The van der Waals surface area contributed by atoms with Crippen molar-refractivity contribution >= 4 is 11.5 Å². The molecule has 0 aliphatic rings. The van der Waals surface area contributed by atoms with Gasteiger partial charge in [-0.15, -0.1) is 0 Å². The SMILES string of the molecule is CN(c1ccccc1)c1ncc(F)cc1CO. The highest BCUT2D eigenvalue weighted by Gasteiger charge is 2.11. The van der Waals surface area contributed by atoms with Crippen LogP contribution in [0.25, 0.3) is 0 Å². The van der Waals surface area contributed by atoms with Crippen molar-refractivity contribution in [3.8, 4) is 0 Å². The van der Waals surface area contributed by atoms with E-state index in [9.17, 15) is 9.50 Å². The lowest BCUT2D eigenvalue weighted by molar-refractivity contribution is 0.281. The second-order valence-corrected chi connectivity index (χ2v) is 3.69. The van der Waals surface area contributed by atoms with Crippen LogP contribution in [0, 0.1) is 5.82 Å². The van der Waals surface area contributed by atoms with Gasteiger partial charge in [0.25, 0.3) is 0 Å². The highest BCUT2D eigenvalue weighted by atomic mass is 19.1. The van der Waals surface area contributed by atoms with E-state index in [1.54, 1.807) is 0 Å². The Morgan fingerprint density at radius 3 is 2.65 bits per heavy atom. The molecule has 1 aromatic heterocycles. The van der Waals surface area contributed by atoms with Gasteiger partial charge in [-0.25, -0.2) is 9.37 Å². The molecular formula is C13H13FN2O. The van der Waals surface area contributed by atoms with E-state index in [1.165, 1.54) is 6.07 Å². The number of benzene rings is 1. The monoisotopic (exact) mass is 232 g/mol. The molecule has 2 rings (SSSR count). The summed E-state index contributed by atoms with van der Waals surface area (Å²) in [6.07, 6.45) is 1.15. The van der Waals surface area contributed by atoms with Gasteiger partial charge in [-0.05, 0) is 18.2 Å². The highest BCUT2D eigenvalue weighted by Crippen LogP contribution is 2.24. The van der Waals surface area contributed by atoms with E-state index in [4.69, 9.17) is 0 Å². The number of aliphatic hydroxyl groups excluding tert-OH is 1. The molecule has 0 aliphatic carbocycles. The summed E-state index contributed by atoms with van der Waals surface area (Å²) < 4.78 is 13.0. The summed E-state index contributed by atoms with van der Waals surface area (Å²) in [7, 11) is 1.83. The van der Waals surface area contributed by atoms with E-state index in [1.807, 2.05) is 42.3 Å². The third kappa shape index (κ3) is 2.42. The van der Waals surface area contributed by atoms with Gasteiger partial charge in [0, 0.05) is 18.3 Å². The number of aromatic nitrogens is 1. The first kappa shape index (κ1) is 11.5. The fourth-order valence-corrected chi connectivity index (χ4v) is 1.67. The minimum Gasteiger partial charge on any atom is -0.392 e. The third-order valence-corrected chi connectivity index (χ3v) is 2.54. The number of hydrogen-bond donors (Lipinski definition) is 1. The van der Waals surface area contributed by atoms with Crippen LogP contribution in [0.5, 0.6) is 0 Å². The predicted molar refractivity (Wildman–Crippen MR) is 64.6 cm³/mol. The van der Waals surface area contributed by atoms with Gasteiger partial charge in [0.05, 0.1) is 12.8 Å². The summed E-state index contributed by atoms with van der Waals surface area (Å²) in [5.41, 5.74) is 1.40. The van der Waals surface area contributed by atoms with Crippen molar-refractivity contribution in [2.45, 2.75) is 6.61 Å². The Bertz CT molecular complexity index is 502. The van der Waals surface area contributed by atoms with E-state index in [0.717, 1.165) is 11.9 Å². The molecule has 0 aliphatic heterocycles. The van der Waals surface area contributed by atoms with Gasteiger partial charge in [-0.3, -0.25) is 0 Å². The number of nitrogens with zero attached hydrogens (tertiary/aromatic N) is 2. The number of hydrogen-bond acceptors (Lipinski definition) is 3. The molecular weight excluding hydrogens is 219 g/mol. The van der Waals surface area contributed by atoms with Crippen LogP contribution in [0.2, 0.25) is 0 Å². The van der Waals surface area contributed by atoms with Crippen LogP contribution < -0.4 is 4.90 Å². The molecule has 0 bridgehead atoms. The minimum absolute atomic E-state index is 0.239. The highest BCUT2D eigenvalue weighted by molar-refractivity contribution is 5.61. The molecule has 4 heteroatoms. The van der Waals surface area contributed by atoms with Crippen LogP contribution in [0.15, 0.2) is 42.6 Å². The largest absolute Gasteiger partial charge is 0.392 e. The fourth-order valence-electron chi connectivity index (χ4n) is 1.67. The second-order valence-electron chi connectivity index (χ2n) is 3.69. The van der Waals surface area contributed by atoms with Gasteiger partial charge in [0.15, 0.2) is 0 Å². The standard InChI is InChI=1S/C13H13FN2O/c1-16(12-5-3-2-4-6-12)13-10(9-17)7-11(14)8-15-13/h2-8,17H,9H2,1H3. The van der Waals surface area contributed by atoms with Crippen LogP contribution in [-0.4, -0.2) is 17.1 Å². The molecule has 17 heavy (non-hydrogen) atoms. The van der Waals surface area contributed by atoms with Crippen LogP contribution in [0.3, 0.4) is 0 Å². The van der Waals surface area contributed by atoms with Gasteiger partial charge in [0.1, 0.15) is 11.6 Å². The van der Waals surface area contributed by atoms with Gasteiger partial charge < -0.3 is 10.0 Å². The van der Waals surface area contributed by atoms with Gasteiger partial charge >= 0.3 is 0 Å². The molecule has 1 aromatic carbocycles. The maximum absolute atomic E-state index is 13.0. The van der Waals surface area contributed by atoms with Crippen molar-refractivity contribution in [3.63, 3.8) is 0 Å². The number of aliphatic hydroxyl groups is 1. The molecule has 0 saturated carbocycles. The maximum Gasteiger partial charge on any atom is 0.142 e. The topological polar surface area (TPSA) is 36.4 Å². The number of halogens is 1. The molecule has 0 unspecified atom stereocenters. The molecule has 3 nitrogen and oxygen atoms in total. The normalized spacial score (nSPS) is 10.3. The second kappa shape index (κ2) is 4.93. The average Bonchev–Trinajstić information content (AvgIpc) is 2.39. The average molecular weight is 232 g/mol. The summed E-state index contributed by atoms with van der Waals surface area (Å²) in [6, 6.07) is 10.9. The predicted octanol–water partition coefficient (Wildman–Crippen LogP) is 2.48. The Balaban J connectivity index is 2.40. The molecule has 0 radical (unpaired) electrons. The molecule has 0 spiro atoms. The van der Waals surface area contributed by atoms with Gasteiger partial charge in [-0.2, -0.15) is 0 Å². The smallest absolute Gasteiger partial charge is 0.142 e. The van der Waals surface area contributed by atoms with Crippen molar-refractivity contribution in [1.29, 1.82) is 0 Å². The van der Waals surface area contributed by atoms with Crippen molar-refractivity contribution in [3.05, 3.63) is 54.0 Å². The zero-order chi connectivity index (χ0) is 12.3. The number of para-hydroxylation sites is 1. The minimum atomic E-state index is -0.445. The molecule has 0 amide bonds. The van der Waals surface area contributed by atoms with Gasteiger partial charge in [-0.1, -0.05) is 18.2 Å². The molecule has 0 atom stereocenters. The lowest BCUT2D eigenvalue weighted by atomic mass is 10.2. The Hall–Kier alpha value is -1.94. The van der Waals surface area contributed by atoms with E-state index in [2.05, 4.69) is 4.98 Å². The lowest BCUT2D eigenvalue weighted by Crippen LogP contribution is -2.13. The Labute approximate surface area is 99.2 Å².